The van der Waals surface area contributed by atoms with Gasteiger partial charge in [-0.3, -0.25) is 4.79 Å². The number of benzene rings is 1. The van der Waals surface area contributed by atoms with E-state index in [1.165, 1.54) is 6.92 Å². The lowest BCUT2D eigenvalue weighted by Crippen LogP contribution is -2.13. The van der Waals surface area contributed by atoms with Crippen LogP contribution in [-0.2, 0) is 19.1 Å². The van der Waals surface area contributed by atoms with Crippen molar-refractivity contribution in [3.05, 3.63) is 53.3 Å². The normalized spacial score (nSPS) is 16.9. The third kappa shape index (κ3) is 3.81. The standard InChI is InChI=1S/C17H18O4/c1-3-20-17(19)14(10-12(2)18)11-16-15-7-5-4-6-13(15)8-9-21-16/h4-9,11,16H,3,10H2,1-2H3/b14-11+. The fraction of sp³-hybridized carbons (Fsp3) is 0.294. The molecule has 2 rings (SSSR count). The monoisotopic (exact) mass is 286 g/mol. The predicted octanol–water partition coefficient (Wildman–Crippen LogP) is 3.20. The van der Waals surface area contributed by atoms with Crippen LogP contribution < -0.4 is 0 Å². The summed E-state index contributed by atoms with van der Waals surface area (Å²) in [4.78, 5) is 23.3. The second-order valence-electron chi connectivity index (χ2n) is 4.78. The van der Waals surface area contributed by atoms with Crippen LogP contribution in [0.4, 0.5) is 0 Å². The van der Waals surface area contributed by atoms with Gasteiger partial charge in [0.2, 0.25) is 0 Å². The molecular weight excluding hydrogens is 268 g/mol. The summed E-state index contributed by atoms with van der Waals surface area (Å²) in [6.07, 6.45) is 4.80. The molecule has 0 spiro atoms. The second-order valence-corrected chi connectivity index (χ2v) is 4.78. The average molecular weight is 286 g/mol. The van der Waals surface area contributed by atoms with E-state index in [9.17, 15) is 9.59 Å². The minimum atomic E-state index is -0.469. The highest BCUT2D eigenvalue weighted by Gasteiger charge is 2.20. The number of ketones is 1. The molecule has 0 aliphatic carbocycles. The zero-order valence-electron chi connectivity index (χ0n) is 12.2. The Bertz CT molecular complexity index is 599. The molecule has 1 unspecified atom stereocenters. The maximum atomic E-state index is 11.9. The summed E-state index contributed by atoms with van der Waals surface area (Å²) in [6, 6.07) is 7.77. The number of esters is 1. The van der Waals surface area contributed by atoms with Gasteiger partial charge in [0.05, 0.1) is 12.9 Å². The van der Waals surface area contributed by atoms with Gasteiger partial charge in [-0.15, -0.1) is 0 Å². The Hall–Kier alpha value is -2.36. The van der Waals surface area contributed by atoms with Gasteiger partial charge >= 0.3 is 5.97 Å². The van der Waals surface area contributed by atoms with E-state index in [0.717, 1.165) is 11.1 Å². The van der Waals surface area contributed by atoms with Gasteiger partial charge < -0.3 is 9.47 Å². The summed E-state index contributed by atoms with van der Waals surface area (Å²) in [6.45, 7) is 3.46. The number of ether oxygens (including phenoxy) is 2. The van der Waals surface area contributed by atoms with E-state index in [-0.39, 0.29) is 24.9 Å². The van der Waals surface area contributed by atoms with Crippen molar-refractivity contribution in [1.82, 2.24) is 0 Å². The van der Waals surface area contributed by atoms with E-state index < -0.39 is 5.97 Å². The molecule has 1 aromatic carbocycles. The molecule has 1 aromatic rings. The van der Waals surface area contributed by atoms with E-state index in [0.29, 0.717) is 5.57 Å². The number of hydrogen-bond donors (Lipinski definition) is 0. The highest BCUT2D eigenvalue weighted by molar-refractivity contribution is 5.95. The van der Waals surface area contributed by atoms with Crippen LogP contribution in [0.25, 0.3) is 6.08 Å². The van der Waals surface area contributed by atoms with Crippen LogP contribution in [0.2, 0.25) is 0 Å². The number of hydrogen-bond acceptors (Lipinski definition) is 4. The number of fused-ring (bicyclic) bond motifs is 1. The lowest BCUT2D eigenvalue weighted by molar-refractivity contribution is -0.139. The molecule has 0 bridgehead atoms. The van der Waals surface area contributed by atoms with Crippen molar-refractivity contribution in [1.29, 1.82) is 0 Å². The summed E-state index contributed by atoms with van der Waals surface area (Å²) in [5.41, 5.74) is 2.33. The molecular formula is C17H18O4. The first-order valence-corrected chi connectivity index (χ1v) is 6.90. The summed E-state index contributed by atoms with van der Waals surface area (Å²) < 4.78 is 10.6. The maximum absolute atomic E-state index is 11.9. The van der Waals surface area contributed by atoms with Crippen LogP contribution >= 0.6 is 0 Å². The predicted molar refractivity (Wildman–Crippen MR) is 79.3 cm³/mol. The van der Waals surface area contributed by atoms with Crippen molar-refractivity contribution in [2.45, 2.75) is 26.4 Å². The first kappa shape index (κ1) is 15.0. The fourth-order valence-corrected chi connectivity index (χ4v) is 2.20. The van der Waals surface area contributed by atoms with Crippen molar-refractivity contribution in [2.75, 3.05) is 6.61 Å². The average Bonchev–Trinajstić information content (AvgIpc) is 2.46. The summed E-state index contributed by atoms with van der Waals surface area (Å²) in [7, 11) is 0. The van der Waals surface area contributed by atoms with Crippen LogP contribution in [-0.4, -0.2) is 18.4 Å². The molecule has 110 valence electrons. The van der Waals surface area contributed by atoms with E-state index >= 15 is 0 Å². The number of Topliss-reactive ketones (excluding diaryl/α,β-unsaturated/α-hetero) is 1. The molecule has 4 heteroatoms. The molecule has 0 saturated carbocycles. The number of rotatable bonds is 5. The van der Waals surface area contributed by atoms with Crippen LogP contribution in [0.3, 0.4) is 0 Å². The first-order valence-electron chi connectivity index (χ1n) is 6.90. The van der Waals surface area contributed by atoms with Crippen LogP contribution in [0.15, 0.2) is 42.2 Å². The van der Waals surface area contributed by atoms with E-state index in [1.807, 2.05) is 30.3 Å². The largest absolute Gasteiger partial charge is 0.489 e. The summed E-state index contributed by atoms with van der Waals surface area (Å²) in [5, 5.41) is 0. The van der Waals surface area contributed by atoms with Crippen molar-refractivity contribution in [3.8, 4) is 0 Å². The molecule has 1 aliphatic rings. The Labute approximate surface area is 124 Å². The zero-order chi connectivity index (χ0) is 15.2. The van der Waals surface area contributed by atoms with Crippen molar-refractivity contribution >= 4 is 17.8 Å². The molecule has 0 fully saturated rings. The SMILES string of the molecule is CCOC(=O)/C(=C/C1OC=Cc2ccccc21)CC(C)=O. The number of carbonyl (C=O) groups excluding carboxylic acids is 2. The van der Waals surface area contributed by atoms with E-state index in [4.69, 9.17) is 9.47 Å². The molecule has 0 aromatic heterocycles. The molecule has 1 atom stereocenters. The van der Waals surface area contributed by atoms with Crippen molar-refractivity contribution < 1.29 is 19.1 Å². The fourth-order valence-electron chi connectivity index (χ4n) is 2.20. The molecule has 0 saturated heterocycles. The molecule has 4 nitrogen and oxygen atoms in total. The third-order valence-electron chi connectivity index (χ3n) is 3.10. The molecule has 0 radical (unpaired) electrons. The molecule has 1 aliphatic heterocycles. The Balaban J connectivity index is 2.31. The Morgan fingerprint density at radius 3 is 2.81 bits per heavy atom. The Morgan fingerprint density at radius 2 is 2.10 bits per heavy atom. The van der Waals surface area contributed by atoms with Gasteiger partial charge in [-0.05, 0) is 31.6 Å². The highest BCUT2D eigenvalue weighted by atomic mass is 16.5. The third-order valence-corrected chi connectivity index (χ3v) is 3.10. The Morgan fingerprint density at radius 1 is 1.33 bits per heavy atom. The lowest BCUT2D eigenvalue weighted by atomic mass is 9.97. The topological polar surface area (TPSA) is 52.6 Å². The zero-order valence-corrected chi connectivity index (χ0v) is 12.2. The van der Waals surface area contributed by atoms with Crippen LogP contribution in [0, 0.1) is 0 Å². The van der Waals surface area contributed by atoms with E-state index in [2.05, 4.69) is 0 Å². The Kier molecular flexibility index (Phi) is 4.93. The summed E-state index contributed by atoms with van der Waals surface area (Å²) in [5.74, 6) is -0.558. The lowest BCUT2D eigenvalue weighted by Gasteiger charge is -2.20. The molecule has 1 heterocycles. The van der Waals surface area contributed by atoms with Gasteiger partial charge in [-0.1, -0.05) is 24.3 Å². The smallest absolute Gasteiger partial charge is 0.334 e. The minimum absolute atomic E-state index is 0.0462. The molecule has 0 amide bonds. The second kappa shape index (κ2) is 6.88. The van der Waals surface area contributed by atoms with Crippen molar-refractivity contribution in [2.24, 2.45) is 0 Å². The van der Waals surface area contributed by atoms with Crippen LogP contribution in [0.1, 0.15) is 37.5 Å². The van der Waals surface area contributed by atoms with Gasteiger partial charge in [-0.2, -0.15) is 0 Å². The van der Waals surface area contributed by atoms with Gasteiger partial charge in [-0.25, -0.2) is 4.79 Å². The van der Waals surface area contributed by atoms with Crippen LogP contribution in [0.5, 0.6) is 0 Å². The van der Waals surface area contributed by atoms with E-state index in [1.54, 1.807) is 19.3 Å². The molecule has 21 heavy (non-hydrogen) atoms. The quantitative estimate of drug-likeness (QED) is 0.616. The van der Waals surface area contributed by atoms with Gasteiger partial charge in [0, 0.05) is 17.6 Å². The minimum Gasteiger partial charge on any atom is -0.489 e. The first-order chi connectivity index (χ1) is 10.1. The van der Waals surface area contributed by atoms with Gasteiger partial charge in [0.25, 0.3) is 0 Å². The van der Waals surface area contributed by atoms with Gasteiger partial charge in [0.15, 0.2) is 0 Å². The summed E-state index contributed by atoms with van der Waals surface area (Å²) >= 11 is 0. The maximum Gasteiger partial charge on any atom is 0.334 e. The van der Waals surface area contributed by atoms with Gasteiger partial charge in [0.1, 0.15) is 11.9 Å². The highest BCUT2D eigenvalue weighted by Crippen LogP contribution is 2.30. The molecule has 0 N–H and O–H groups in total. The van der Waals surface area contributed by atoms with Crippen molar-refractivity contribution in [3.63, 3.8) is 0 Å². The number of carbonyl (C=O) groups is 2.